The van der Waals surface area contributed by atoms with E-state index in [1.54, 1.807) is 23.1 Å². The van der Waals surface area contributed by atoms with Crippen molar-refractivity contribution < 1.29 is 29.0 Å². The van der Waals surface area contributed by atoms with Crippen LogP contribution in [-0.2, 0) is 14.3 Å². The highest BCUT2D eigenvalue weighted by Crippen LogP contribution is 2.43. The average molecular weight is 587 g/mol. The molecule has 0 bridgehead atoms. The smallest absolute Gasteiger partial charge is 0.339 e. The molecule has 0 saturated carbocycles. The van der Waals surface area contributed by atoms with Gasteiger partial charge in [-0.2, -0.15) is 0 Å². The number of hydrogen-bond donors (Lipinski definition) is 2. The normalized spacial score (nSPS) is 17.0. The highest BCUT2D eigenvalue weighted by molar-refractivity contribution is 6.30. The van der Waals surface area contributed by atoms with E-state index < -0.39 is 36.5 Å². The number of benzene rings is 4. The van der Waals surface area contributed by atoms with Crippen molar-refractivity contribution in [3.8, 4) is 5.75 Å². The van der Waals surface area contributed by atoms with Crippen LogP contribution in [0.5, 0.6) is 5.75 Å². The lowest BCUT2D eigenvalue weighted by Crippen LogP contribution is -2.44. The molecule has 0 radical (unpaired) electrons. The summed E-state index contributed by atoms with van der Waals surface area (Å²) in [5.74, 6) is -2.71. The summed E-state index contributed by atoms with van der Waals surface area (Å²) in [6, 6.07) is 23.0. The molecule has 5 rings (SSSR count). The first kappa shape index (κ1) is 29.1. The summed E-state index contributed by atoms with van der Waals surface area (Å²) in [7, 11) is 0. The first-order chi connectivity index (χ1) is 19.9. The molecule has 216 valence electrons. The van der Waals surface area contributed by atoms with Gasteiger partial charge < -0.3 is 25.2 Å². The van der Waals surface area contributed by atoms with Crippen LogP contribution in [0.3, 0.4) is 0 Å². The minimum absolute atomic E-state index is 0.171. The van der Waals surface area contributed by atoms with Gasteiger partial charge in [-0.1, -0.05) is 74.8 Å². The van der Waals surface area contributed by atoms with Crippen LogP contribution >= 0.6 is 11.6 Å². The van der Waals surface area contributed by atoms with Crippen molar-refractivity contribution in [3.05, 3.63) is 101 Å². The van der Waals surface area contributed by atoms with E-state index in [-0.39, 0.29) is 22.4 Å². The molecule has 1 heterocycles. The number of ether oxygens (including phenoxy) is 2. The third-order valence-corrected chi connectivity index (χ3v) is 7.19. The Labute approximate surface area is 248 Å². The molecular weight excluding hydrogens is 556 g/mol. The number of carboxylic acids is 1. The Morgan fingerprint density at radius 3 is 2.48 bits per heavy atom. The highest BCUT2D eigenvalue weighted by Gasteiger charge is 2.40. The zero-order valence-corrected chi connectivity index (χ0v) is 24.2. The van der Waals surface area contributed by atoms with Crippen LogP contribution in [0.2, 0.25) is 5.02 Å². The number of hydrogen-bond acceptors (Lipinski definition) is 6. The number of nitrogens with two attached hydrogens (primary N) is 1. The van der Waals surface area contributed by atoms with Gasteiger partial charge in [0.1, 0.15) is 23.5 Å². The molecule has 1 amide bonds. The third kappa shape index (κ3) is 6.10. The van der Waals surface area contributed by atoms with Crippen molar-refractivity contribution in [2.75, 3.05) is 17.2 Å². The van der Waals surface area contributed by atoms with Crippen molar-refractivity contribution >= 4 is 51.6 Å². The van der Waals surface area contributed by atoms with E-state index in [0.29, 0.717) is 22.8 Å². The molecule has 2 unspecified atom stereocenters. The second-order valence-electron chi connectivity index (χ2n) is 11.5. The number of halogens is 1. The number of carbonyl (C=O) groups excluding carboxylic acids is 2. The molecule has 0 spiro atoms. The van der Waals surface area contributed by atoms with Gasteiger partial charge in [0.2, 0.25) is 0 Å². The molecule has 0 aromatic heterocycles. The van der Waals surface area contributed by atoms with E-state index in [9.17, 15) is 19.5 Å². The first-order valence-electron chi connectivity index (χ1n) is 13.5. The zero-order chi connectivity index (χ0) is 30.2. The Balaban J connectivity index is 1.59. The lowest BCUT2D eigenvalue weighted by atomic mass is 9.93. The van der Waals surface area contributed by atoms with Crippen LogP contribution < -0.4 is 15.4 Å². The number of nitrogens with zero attached hydrogens (tertiary/aromatic N) is 1. The standard InChI is InChI=1S/C33H31ClN2O6/c1-33(2,3)18-36-26-13-11-20(34)15-24(26)30(23-10-6-8-19-7-4-5-9-22(19)23)42-28(31(36)38)17-29(37)41-27-14-12-21(35)16-25(27)32(39)40/h4-16,28,30H,17-18,35H2,1-3H3,(H,39,40). The molecular formula is C33H31ClN2O6. The molecule has 9 heteroatoms. The van der Waals surface area contributed by atoms with Crippen molar-refractivity contribution in [2.24, 2.45) is 5.41 Å². The van der Waals surface area contributed by atoms with Gasteiger partial charge in [0, 0.05) is 28.5 Å². The van der Waals surface area contributed by atoms with Gasteiger partial charge >= 0.3 is 11.9 Å². The maximum Gasteiger partial charge on any atom is 0.339 e. The van der Waals surface area contributed by atoms with E-state index in [1.165, 1.54) is 18.2 Å². The minimum Gasteiger partial charge on any atom is -0.478 e. The van der Waals surface area contributed by atoms with E-state index in [2.05, 4.69) is 0 Å². The molecule has 4 aromatic carbocycles. The van der Waals surface area contributed by atoms with Crippen LogP contribution in [0.15, 0.2) is 78.9 Å². The predicted molar refractivity (Wildman–Crippen MR) is 162 cm³/mol. The number of nitrogen functional groups attached to an aromatic ring is 1. The highest BCUT2D eigenvalue weighted by atomic mass is 35.5. The van der Waals surface area contributed by atoms with Crippen LogP contribution in [-0.4, -0.2) is 35.6 Å². The second kappa shape index (κ2) is 11.5. The largest absolute Gasteiger partial charge is 0.478 e. The summed E-state index contributed by atoms with van der Waals surface area (Å²) in [6.45, 7) is 6.39. The van der Waals surface area contributed by atoms with Crippen molar-refractivity contribution in [1.82, 2.24) is 0 Å². The van der Waals surface area contributed by atoms with Crippen molar-refractivity contribution in [2.45, 2.75) is 39.4 Å². The lowest BCUT2D eigenvalue weighted by Gasteiger charge is -2.31. The van der Waals surface area contributed by atoms with Gasteiger partial charge in [0.25, 0.3) is 5.91 Å². The first-order valence-corrected chi connectivity index (χ1v) is 13.9. The van der Waals surface area contributed by atoms with E-state index in [0.717, 1.165) is 16.3 Å². The zero-order valence-electron chi connectivity index (χ0n) is 23.5. The molecule has 0 fully saturated rings. The van der Waals surface area contributed by atoms with Gasteiger partial charge in [-0.05, 0) is 58.1 Å². The summed E-state index contributed by atoms with van der Waals surface area (Å²) in [5.41, 5.74) is 7.52. The van der Waals surface area contributed by atoms with E-state index >= 15 is 0 Å². The Morgan fingerprint density at radius 2 is 1.74 bits per heavy atom. The van der Waals surface area contributed by atoms with Gasteiger partial charge in [-0.15, -0.1) is 0 Å². The van der Waals surface area contributed by atoms with Gasteiger partial charge in [-0.25, -0.2) is 4.79 Å². The van der Waals surface area contributed by atoms with Crippen LogP contribution in [0.25, 0.3) is 10.8 Å². The molecule has 8 nitrogen and oxygen atoms in total. The fraction of sp³-hybridized carbons (Fsp3) is 0.242. The average Bonchev–Trinajstić information content (AvgIpc) is 3.03. The number of esters is 1. The Hall–Kier alpha value is -4.40. The third-order valence-electron chi connectivity index (χ3n) is 6.95. The molecule has 0 aliphatic carbocycles. The number of anilines is 2. The second-order valence-corrected chi connectivity index (χ2v) is 11.9. The summed E-state index contributed by atoms with van der Waals surface area (Å²) < 4.78 is 12.0. The summed E-state index contributed by atoms with van der Waals surface area (Å²) in [6.07, 6.45) is -2.44. The maximum absolute atomic E-state index is 14.2. The van der Waals surface area contributed by atoms with E-state index in [4.69, 9.17) is 26.8 Å². The minimum atomic E-state index is -1.30. The topological polar surface area (TPSA) is 119 Å². The number of carboxylic acid groups (broad SMARTS) is 1. The SMILES string of the molecule is CC(C)(C)CN1C(=O)C(CC(=O)Oc2ccc(N)cc2C(=O)O)OC(c2cccc3ccccc23)c2cc(Cl)ccc21. The maximum atomic E-state index is 14.2. The number of amides is 1. The predicted octanol–water partition coefficient (Wildman–Crippen LogP) is 6.64. The summed E-state index contributed by atoms with van der Waals surface area (Å²) >= 11 is 6.49. The number of carbonyl (C=O) groups is 3. The molecule has 1 aliphatic rings. The van der Waals surface area contributed by atoms with Gasteiger partial charge in [0.05, 0.1) is 6.42 Å². The molecule has 42 heavy (non-hydrogen) atoms. The van der Waals surface area contributed by atoms with Gasteiger partial charge in [0.15, 0.2) is 0 Å². The Bertz CT molecular complexity index is 1690. The summed E-state index contributed by atoms with van der Waals surface area (Å²) in [4.78, 5) is 40.8. The number of fused-ring (bicyclic) bond motifs is 2. The van der Waals surface area contributed by atoms with Crippen molar-refractivity contribution in [3.63, 3.8) is 0 Å². The quantitative estimate of drug-likeness (QED) is 0.148. The molecule has 0 saturated heterocycles. The lowest BCUT2D eigenvalue weighted by molar-refractivity contribution is -0.145. The fourth-order valence-corrected chi connectivity index (χ4v) is 5.36. The molecule has 1 aliphatic heterocycles. The molecule has 2 atom stereocenters. The number of aromatic carboxylic acids is 1. The number of rotatable bonds is 6. The molecule has 3 N–H and O–H groups in total. The Kier molecular flexibility index (Phi) is 7.95. The summed E-state index contributed by atoms with van der Waals surface area (Å²) in [5, 5.41) is 12.0. The Morgan fingerprint density at radius 1 is 1.00 bits per heavy atom. The van der Waals surface area contributed by atoms with Crippen LogP contribution in [0.1, 0.15) is 54.8 Å². The monoisotopic (exact) mass is 586 g/mol. The van der Waals surface area contributed by atoms with E-state index in [1.807, 2.05) is 63.2 Å². The van der Waals surface area contributed by atoms with Crippen LogP contribution in [0.4, 0.5) is 11.4 Å². The van der Waals surface area contributed by atoms with Crippen LogP contribution in [0, 0.1) is 5.41 Å². The molecule has 4 aromatic rings. The van der Waals surface area contributed by atoms with Gasteiger partial charge in [-0.3, -0.25) is 9.59 Å². The fourth-order valence-electron chi connectivity index (χ4n) is 5.18. The van der Waals surface area contributed by atoms with Crippen molar-refractivity contribution in [1.29, 1.82) is 0 Å².